The second-order valence-electron chi connectivity index (χ2n) is 6.51. The first kappa shape index (κ1) is 18.0. The predicted molar refractivity (Wildman–Crippen MR) is 85.6 cm³/mol. The van der Waals surface area contributed by atoms with Crippen LogP contribution in [0.4, 0.5) is 0 Å². The maximum atomic E-state index is 5.62. The van der Waals surface area contributed by atoms with Gasteiger partial charge in [-0.05, 0) is 12.3 Å². The Morgan fingerprint density at radius 1 is 0.900 bits per heavy atom. The first-order valence-electron chi connectivity index (χ1n) is 8.84. The van der Waals surface area contributed by atoms with Gasteiger partial charge in [-0.15, -0.1) is 0 Å². The summed E-state index contributed by atoms with van der Waals surface area (Å²) < 4.78 is 10.9. The molecular formula is C18H35O2. The minimum Gasteiger partial charge on any atom is -0.381 e. The van der Waals surface area contributed by atoms with E-state index in [4.69, 9.17) is 9.47 Å². The molecule has 0 unspecified atom stereocenters. The molecule has 0 aliphatic carbocycles. The summed E-state index contributed by atoms with van der Waals surface area (Å²) in [5.74, 6) is 0.879. The lowest BCUT2D eigenvalue weighted by Crippen LogP contribution is -2.19. The zero-order valence-corrected chi connectivity index (χ0v) is 13.8. The first-order valence-corrected chi connectivity index (χ1v) is 8.84. The van der Waals surface area contributed by atoms with Gasteiger partial charge in [0.1, 0.15) is 6.10 Å². The van der Waals surface area contributed by atoms with E-state index < -0.39 is 0 Å². The number of hydrogen-bond acceptors (Lipinski definition) is 2. The van der Waals surface area contributed by atoms with Crippen molar-refractivity contribution >= 4 is 0 Å². The fourth-order valence-corrected chi connectivity index (χ4v) is 2.55. The molecule has 0 amide bonds. The van der Waals surface area contributed by atoms with Gasteiger partial charge in [0.05, 0.1) is 6.61 Å². The molecule has 0 spiro atoms. The summed E-state index contributed by atoms with van der Waals surface area (Å²) in [6, 6.07) is 0. The smallest absolute Gasteiger partial charge is 0.102 e. The maximum absolute atomic E-state index is 5.62. The van der Waals surface area contributed by atoms with Crippen LogP contribution in [0, 0.1) is 12.0 Å². The molecule has 1 aliphatic rings. The molecule has 1 rings (SSSR count). The van der Waals surface area contributed by atoms with Gasteiger partial charge >= 0.3 is 0 Å². The summed E-state index contributed by atoms with van der Waals surface area (Å²) in [5, 5.41) is 0. The average Bonchev–Trinajstić information content (AvgIpc) is 2.36. The third kappa shape index (κ3) is 10.7. The molecule has 119 valence electrons. The van der Waals surface area contributed by atoms with Crippen molar-refractivity contribution in [2.45, 2.75) is 84.5 Å². The van der Waals surface area contributed by atoms with Crippen molar-refractivity contribution in [3.8, 4) is 0 Å². The predicted octanol–water partition coefficient (Wildman–Crippen LogP) is 5.51. The zero-order valence-electron chi connectivity index (χ0n) is 13.8. The molecule has 1 heterocycles. The fraction of sp³-hybridized carbons (Fsp3) is 0.944. The molecule has 2 heteroatoms. The molecular weight excluding hydrogens is 248 g/mol. The summed E-state index contributed by atoms with van der Waals surface area (Å²) in [7, 11) is 0. The van der Waals surface area contributed by atoms with Crippen molar-refractivity contribution < 1.29 is 9.47 Å². The Hall–Kier alpha value is -0.0800. The van der Waals surface area contributed by atoms with Crippen LogP contribution in [0.25, 0.3) is 0 Å². The number of ether oxygens (including phenoxy) is 2. The standard InChI is InChI=1S/C18H35O2/c1-17(2)11-9-7-5-3-4-6-8-10-14-19-15-12-18-13-16-20-18/h17H,3-16H2,1-2H3. The van der Waals surface area contributed by atoms with E-state index in [1.165, 1.54) is 63.9 Å². The van der Waals surface area contributed by atoms with Crippen LogP contribution >= 0.6 is 0 Å². The first-order chi connectivity index (χ1) is 9.79. The summed E-state index contributed by atoms with van der Waals surface area (Å²) >= 11 is 0. The molecule has 0 aromatic carbocycles. The van der Waals surface area contributed by atoms with Crippen LogP contribution in [0.3, 0.4) is 0 Å². The highest BCUT2D eigenvalue weighted by molar-refractivity contribution is 4.85. The molecule has 1 aliphatic heterocycles. The lowest BCUT2D eigenvalue weighted by atomic mass is 10.0. The van der Waals surface area contributed by atoms with Gasteiger partial charge in [0, 0.05) is 26.1 Å². The highest BCUT2D eigenvalue weighted by atomic mass is 16.5. The second kappa shape index (κ2) is 12.6. The van der Waals surface area contributed by atoms with Crippen molar-refractivity contribution in [3.05, 3.63) is 6.10 Å². The molecule has 2 nitrogen and oxygen atoms in total. The Morgan fingerprint density at radius 3 is 2.05 bits per heavy atom. The third-order valence-corrected chi connectivity index (χ3v) is 4.03. The molecule has 1 radical (unpaired) electrons. The summed E-state index contributed by atoms with van der Waals surface area (Å²) in [6.07, 6.45) is 15.9. The minimum atomic E-state index is 0.852. The Balaban J connectivity index is 1.64. The average molecular weight is 283 g/mol. The molecule has 1 fully saturated rings. The fourth-order valence-electron chi connectivity index (χ4n) is 2.55. The maximum Gasteiger partial charge on any atom is 0.102 e. The van der Waals surface area contributed by atoms with Crippen LogP contribution in [0.1, 0.15) is 84.5 Å². The highest BCUT2D eigenvalue weighted by Crippen LogP contribution is 2.22. The van der Waals surface area contributed by atoms with Crippen LogP contribution in [0.2, 0.25) is 0 Å². The van der Waals surface area contributed by atoms with Crippen LogP contribution in [0.15, 0.2) is 0 Å². The minimum absolute atomic E-state index is 0.852. The van der Waals surface area contributed by atoms with Gasteiger partial charge < -0.3 is 9.47 Å². The van der Waals surface area contributed by atoms with Crippen molar-refractivity contribution in [2.24, 2.45) is 5.92 Å². The van der Waals surface area contributed by atoms with Crippen LogP contribution in [0.5, 0.6) is 0 Å². The second-order valence-corrected chi connectivity index (χ2v) is 6.51. The van der Waals surface area contributed by atoms with Gasteiger partial charge in [-0.1, -0.05) is 65.2 Å². The van der Waals surface area contributed by atoms with Crippen molar-refractivity contribution in [3.63, 3.8) is 0 Å². The van der Waals surface area contributed by atoms with Crippen molar-refractivity contribution in [2.75, 3.05) is 19.8 Å². The molecule has 1 saturated heterocycles. The van der Waals surface area contributed by atoms with E-state index in [-0.39, 0.29) is 0 Å². The SMILES string of the molecule is CC(C)CCCCCCCCCCOCC[C]1CCO1. The van der Waals surface area contributed by atoms with Gasteiger partial charge in [-0.2, -0.15) is 0 Å². The summed E-state index contributed by atoms with van der Waals surface area (Å²) in [6.45, 7) is 7.35. The van der Waals surface area contributed by atoms with Gasteiger partial charge in [-0.3, -0.25) is 0 Å². The van der Waals surface area contributed by atoms with Crippen molar-refractivity contribution in [1.82, 2.24) is 0 Å². The lowest BCUT2D eigenvalue weighted by Gasteiger charge is -2.24. The van der Waals surface area contributed by atoms with Gasteiger partial charge in [0.2, 0.25) is 0 Å². The van der Waals surface area contributed by atoms with Crippen LogP contribution in [-0.4, -0.2) is 19.8 Å². The van der Waals surface area contributed by atoms with Gasteiger partial charge in [0.15, 0.2) is 0 Å². The van der Waals surface area contributed by atoms with E-state index in [9.17, 15) is 0 Å². The van der Waals surface area contributed by atoms with Gasteiger partial charge in [0.25, 0.3) is 0 Å². The third-order valence-electron chi connectivity index (χ3n) is 4.03. The molecule has 0 aromatic rings. The molecule has 20 heavy (non-hydrogen) atoms. The van der Waals surface area contributed by atoms with E-state index in [0.29, 0.717) is 0 Å². The molecule has 0 saturated carbocycles. The van der Waals surface area contributed by atoms with E-state index >= 15 is 0 Å². The zero-order chi connectivity index (χ0) is 14.5. The van der Waals surface area contributed by atoms with Gasteiger partial charge in [-0.25, -0.2) is 0 Å². The van der Waals surface area contributed by atoms with Crippen LogP contribution in [-0.2, 0) is 9.47 Å². The number of rotatable bonds is 14. The molecule has 0 aromatic heterocycles. The quantitative estimate of drug-likeness (QED) is 0.391. The van der Waals surface area contributed by atoms with Crippen molar-refractivity contribution in [1.29, 1.82) is 0 Å². The highest BCUT2D eigenvalue weighted by Gasteiger charge is 2.18. The Morgan fingerprint density at radius 2 is 1.50 bits per heavy atom. The summed E-state index contributed by atoms with van der Waals surface area (Å²) in [5.41, 5.74) is 0. The van der Waals surface area contributed by atoms with Crippen LogP contribution < -0.4 is 0 Å². The Bertz CT molecular complexity index is 200. The van der Waals surface area contributed by atoms with E-state index in [1.54, 1.807) is 0 Å². The summed E-state index contributed by atoms with van der Waals surface area (Å²) in [4.78, 5) is 0. The molecule has 0 N–H and O–H groups in total. The topological polar surface area (TPSA) is 18.5 Å². The largest absolute Gasteiger partial charge is 0.381 e. The number of unbranched alkanes of at least 4 members (excludes halogenated alkanes) is 7. The monoisotopic (exact) mass is 283 g/mol. The van der Waals surface area contributed by atoms with E-state index in [2.05, 4.69) is 13.8 Å². The molecule has 0 atom stereocenters. The Kier molecular flexibility index (Phi) is 11.4. The van der Waals surface area contributed by atoms with E-state index in [1.807, 2.05) is 0 Å². The lowest BCUT2D eigenvalue weighted by molar-refractivity contribution is 0.0152. The van der Waals surface area contributed by atoms with E-state index in [0.717, 1.165) is 38.6 Å². The Labute approximate surface area is 126 Å². The molecule has 0 bridgehead atoms. The number of hydrogen-bond donors (Lipinski definition) is 0. The normalized spacial score (nSPS) is 15.8.